The summed E-state index contributed by atoms with van der Waals surface area (Å²) in [6.45, 7) is 3.33. The van der Waals surface area contributed by atoms with Gasteiger partial charge in [-0.3, -0.25) is 0 Å². The lowest BCUT2D eigenvalue weighted by atomic mass is 9.47. The van der Waals surface area contributed by atoms with Gasteiger partial charge in [0.05, 0.1) is 18.8 Å². The van der Waals surface area contributed by atoms with Crippen LogP contribution in [0, 0.1) is 28.6 Å². The van der Waals surface area contributed by atoms with E-state index in [1.165, 1.54) is 37.7 Å². The molecule has 3 saturated carbocycles. The minimum Gasteiger partial charge on any atom is -0.393 e. The maximum atomic E-state index is 10.2. The quantitative estimate of drug-likeness (QED) is 0.794. The second-order valence-corrected chi connectivity index (χ2v) is 9.17. The van der Waals surface area contributed by atoms with Crippen molar-refractivity contribution in [2.45, 2.75) is 70.5 Å². The molecule has 136 valence electrons. The summed E-state index contributed by atoms with van der Waals surface area (Å²) >= 11 is 0. The standard InChI is InChI=1S/C21H34O3/c1-20-10-9-18-16(17(20)6-7-19(20)24-3)5-4-14-12-15(22)8-11-21(14,18)13-23-2/h4,15-19,22H,5-13H2,1-3H3/t15-,16?,17?,18?,19?,20?,21?/m0/s1. The Balaban J connectivity index is 1.68. The molecule has 24 heavy (non-hydrogen) atoms. The highest BCUT2D eigenvalue weighted by Crippen LogP contribution is 2.65. The molecule has 0 aromatic rings. The molecule has 4 rings (SSSR count). The highest BCUT2D eigenvalue weighted by Gasteiger charge is 2.60. The van der Waals surface area contributed by atoms with Crippen molar-refractivity contribution < 1.29 is 14.6 Å². The Morgan fingerprint density at radius 2 is 1.96 bits per heavy atom. The van der Waals surface area contributed by atoms with Gasteiger partial charge in [-0.15, -0.1) is 0 Å². The van der Waals surface area contributed by atoms with Crippen LogP contribution in [-0.2, 0) is 9.47 Å². The van der Waals surface area contributed by atoms with E-state index in [-0.39, 0.29) is 11.5 Å². The van der Waals surface area contributed by atoms with E-state index in [1.807, 2.05) is 14.2 Å². The van der Waals surface area contributed by atoms with E-state index in [0.717, 1.165) is 43.6 Å². The minimum atomic E-state index is -0.143. The predicted molar refractivity (Wildman–Crippen MR) is 94.7 cm³/mol. The normalized spacial score (nSPS) is 50.7. The van der Waals surface area contributed by atoms with E-state index in [1.54, 1.807) is 0 Å². The summed E-state index contributed by atoms with van der Waals surface area (Å²) in [5.41, 5.74) is 2.07. The lowest BCUT2D eigenvalue weighted by Gasteiger charge is -2.58. The number of rotatable bonds is 3. The molecule has 3 fully saturated rings. The van der Waals surface area contributed by atoms with Gasteiger partial charge in [0.1, 0.15) is 0 Å². The highest BCUT2D eigenvalue weighted by atomic mass is 16.5. The molecule has 0 radical (unpaired) electrons. The van der Waals surface area contributed by atoms with Gasteiger partial charge in [0.15, 0.2) is 0 Å². The fourth-order valence-electron chi connectivity index (χ4n) is 7.30. The Labute approximate surface area is 146 Å². The third-order valence-corrected chi connectivity index (χ3v) is 8.40. The van der Waals surface area contributed by atoms with Crippen LogP contribution in [0.3, 0.4) is 0 Å². The van der Waals surface area contributed by atoms with E-state index in [2.05, 4.69) is 13.0 Å². The Bertz CT molecular complexity index is 515. The van der Waals surface area contributed by atoms with Gasteiger partial charge >= 0.3 is 0 Å². The van der Waals surface area contributed by atoms with E-state index in [0.29, 0.717) is 11.5 Å². The second kappa shape index (κ2) is 6.10. The van der Waals surface area contributed by atoms with Crippen molar-refractivity contribution in [2.24, 2.45) is 28.6 Å². The monoisotopic (exact) mass is 334 g/mol. The number of ether oxygens (including phenoxy) is 2. The summed E-state index contributed by atoms with van der Waals surface area (Å²) in [7, 11) is 3.75. The van der Waals surface area contributed by atoms with Crippen LogP contribution in [0.15, 0.2) is 11.6 Å². The molecule has 3 nitrogen and oxygen atoms in total. The van der Waals surface area contributed by atoms with Crippen molar-refractivity contribution in [3.05, 3.63) is 11.6 Å². The average Bonchev–Trinajstić information content (AvgIpc) is 2.92. The zero-order chi connectivity index (χ0) is 16.9. The summed E-state index contributed by atoms with van der Waals surface area (Å²) in [6, 6.07) is 0. The van der Waals surface area contributed by atoms with Gasteiger partial charge in [-0.25, -0.2) is 0 Å². The summed E-state index contributed by atoms with van der Waals surface area (Å²) < 4.78 is 11.6. The number of fused-ring (bicyclic) bond motifs is 5. The summed E-state index contributed by atoms with van der Waals surface area (Å²) in [4.78, 5) is 0. The van der Waals surface area contributed by atoms with Gasteiger partial charge < -0.3 is 14.6 Å². The fraction of sp³-hybridized carbons (Fsp3) is 0.905. The Morgan fingerprint density at radius 3 is 2.71 bits per heavy atom. The SMILES string of the molecule is COCC12CC[C@H](O)CC1=CCC1C2CCC2(C)C(OC)CCC12. The van der Waals surface area contributed by atoms with Crippen molar-refractivity contribution in [3.8, 4) is 0 Å². The molecule has 0 heterocycles. The number of aliphatic hydroxyl groups excluding tert-OH is 1. The molecule has 0 aromatic heterocycles. The summed E-state index contributed by atoms with van der Waals surface area (Å²) in [5, 5.41) is 10.2. The zero-order valence-electron chi connectivity index (χ0n) is 15.6. The van der Waals surface area contributed by atoms with Crippen LogP contribution in [0.25, 0.3) is 0 Å². The van der Waals surface area contributed by atoms with Gasteiger partial charge in [0.25, 0.3) is 0 Å². The molecule has 7 atom stereocenters. The van der Waals surface area contributed by atoms with Crippen molar-refractivity contribution >= 4 is 0 Å². The first-order chi connectivity index (χ1) is 11.5. The number of aliphatic hydroxyl groups is 1. The van der Waals surface area contributed by atoms with Crippen LogP contribution in [0.1, 0.15) is 58.3 Å². The molecule has 0 aromatic carbocycles. The van der Waals surface area contributed by atoms with Crippen LogP contribution >= 0.6 is 0 Å². The first kappa shape index (κ1) is 17.1. The molecule has 0 amide bonds. The van der Waals surface area contributed by atoms with Gasteiger partial charge in [-0.2, -0.15) is 0 Å². The Hall–Kier alpha value is -0.380. The van der Waals surface area contributed by atoms with E-state index in [9.17, 15) is 5.11 Å². The van der Waals surface area contributed by atoms with Crippen molar-refractivity contribution in [1.29, 1.82) is 0 Å². The molecular weight excluding hydrogens is 300 g/mol. The van der Waals surface area contributed by atoms with Gasteiger partial charge in [-0.1, -0.05) is 18.6 Å². The van der Waals surface area contributed by atoms with Crippen LogP contribution < -0.4 is 0 Å². The number of allylic oxidation sites excluding steroid dienone is 1. The minimum absolute atomic E-state index is 0.143. The van der Waals surface area contributed by atoms with E-state index < -0.39 is 0 Å². The molecule has 3 heteroatoms. The fourth-order valence-corrected chi connectivity index (χ4v) is 7.30. The third-order valence-electron chi connectivity index (χ3n) is 8.40. The third kappa shape index (κ3) is 2.27. The maximum Gasteiger partial charge on any atom is 0.0627 e. The average molecular weight is 335 g/mol. The lowest BCUT2D eigenvalue weighted by molar-refractivity contribution is -0.100. The lowest BCUT2D eigenvalue weighted by Crippen LogP contribution is -2.53. The maximum absolute atomic E-state index is 10.2. The molecule has 4 aliphatic carbocycles. The molecule has 4 aliphatic rings. The largest absolute Gasteiger partial charge is 0.393 e. The topological polar surface area (TPSA) is 38.7 Å². The van der Waals surface area contributed by atoms with Crippen LogP contribution in [-0.4, -0.2) is 38.1 Å². The predicted octanol–water partition coefficient (Wildman–Crippen LogP) is 3.95. The Kier molecular flexibility index (Phi) is 4.34. The van der Waals surface area contributed by atoms with Crippen molar-refractivity contribution in [1.82, 2.24) is 0 Å². The van der Waals surface area contributed by atoms with Crippen LogP contribution in [0.5, 0.6) is 0 Å². The van der Waals surface area contributed by atoms with Crippen LogP contribution in [0.2, 0.25) is 0 Å². The van der Waals surface area contributed by atoms with E-state index >= 15 is 0 Å². The summed E-state index contributed by atoms with van der Waals surface area (Å²) in [6.07, 6.45) is 12.1. The van der Waals surface area contributed by atoms with Gasteiger partial charge in [0, 0.05) is 19.6 Å². The van der Waals surface area contributed by atoms with Crippen LogP contribution in [0.4, 0.5) is 0 Å². The number of methoxy groups -OCH3 is 2. The molecule has 0 spiro atoms. The molecule has 1 N–H and O–H groups in total. The van der Waals surface area contributed by atoms with Crippen molar-refractivity contribution in [2.75, 3.05) is 20.8 Å². The van der Waals surface area contributed by atoms with Gasteiger partial charge in [-0.05, 0) is 74.5 Å². The number of hydrogen-bond acceptors (Lipinski definition) is 3. The molecule has 0 bridgehead atoms. The zero-order valence-corrected chi connectivity index (χ0v) is 15.6. The molecule has 0 saturated heterocycles. The van der Waals surface area contributed by atoms with E-state index in [4.69, 9.17) is 9.47 Å². The highest BCUT2D eigenvalue weighted by molar-refractivity contribution is 5.26. The smallest absolute Gasteiger partial charge is 0.0627 e. The van der Waals surface area contributed by atoms with Crippen molar-refractivity contribution in [3.63, 3.8) is 0 Å². The first-order valence-corrected chi connectivity index (χ1v) is 9.94. The van der Waals surface area contributed by atoms with Gasteiger partial charge in [0.2, 0.25) is 0 Å². The summed E-state index contributed by atoms with van der Waals surface area (Å²) in [5.74, 6) is 2.30. The first-order valence-electron chi connectivity index (χ1n) is 9.94. The molecule has 6 unspecified atom stereocenters. The molecule has 0 aliphatic heterocycles. The Morgan fingerprint density at radius 1 is 1.12 bits per heavy atom. The molecular formula is C21H34O3. The second-order valence-electron chi connectivity index (χ2n) is 9.17. The number of hydrogen-bond donors (Lipinski definition) is 1.